The predicted molar refractivity (Wildman–Crippen MR) is 113 cm³/mol. The van der Waals surface area contributed by atoms with Crippen LogP contribution < -0.4 is 20.3 Å². The molecule has 6 heteroatoms. The number of anilines is 3. The third kappa shape index (κ3) is 4.06. The Labute approximate surface area is 169 Å². The molecule has 0 aromatic heterocycles. The van der Waals surface area contributed by atoms with Crippen LogP contribution in [0.5, 0.6) is 5.75 Å². The summed E-state index contributed by atoms with van der Waals surface area (Å²) in [6.07, 6.45) is 0. The molecule has 0 saturated carbocycles. The molecule has 3 aromatic carbocycles. The third-order valence-electron chi connectivity index (χ3n) is 4.81. The van der Waals surface area contributed by atoms with Crippen LogP contribution in [0.4, 0.5) is 17.1 Å². The monoisotopic (exact) mass is 387 g/mol. The van der Waals surface area contributed by atoms with Crippen LogP contribution in [0.3, 0.4) is 0 Å². The second-order valence-electron chi connectivity index (χ2n) is 6.77. The van der Waals surface area contributed by atoms with Gasteiger partial charge in [-0.3, -0.25) is 9.59 Å². The largest absolute Gasteiger partial charge is 0.489 e. The van der Waals surface area contributed by atoms with Gasteiger partial charge in [0.2, 0.25) is 0 Å². The molecule has 1 aliphatic rings. The summed E-state index contributed by atoms with van der Waals surface area (Å²) in [6.45, 7) is 0.0677. The van der Waals surface area contributed by atoms with Crippen LogP contribution in [0.1, 0.15) is 10.4 Å². The number of amides is 2. The van der Waals surface area contributed by atoms with Gasteiger partial charge in [0, 0.05) is 24.0 Å². The van der Waals surface area contributed by atoms with E-state index in [1.807, 2.05) is 66.5 Å². The first-order valence-electron chi connectivity index (χ1n) is 9.34. The Morgan fingerprint density at radius 2 is 1.72 bits per heavy atom. The number of carbonyl (C=O) groups is 2. The highest BCUT2D eigenvalue weighted by Gasteiger charge is 2.26. The van der Waals surface area contributed by atoms with Gasteiger partial charge in [-0.1, -0.05) is 36.4 Å². The van der Waals surface area contributed by atoms with E-state index in [0.717, 1.165) is 11.4 Å². The van der Waals surface area contributed by atoms with E-state index in [0.29, 0.717) is 17.0 Å². The average molecular weight is 387 g/mol. The van der Waals surface area contributed by atoms with Crippen LogP contribution in [-0.4, -0.2) is 31.5 Å². The first-order chi connectivity index (χ1) is 14.1. The Morgan fingerprint density at radius 3 is 2.55 bits per heavy atom. The zero-order valence-electron chi connectivity index (χ0n) is 16.0. The Hall–Kier alpha value is -3.80. The Morgan fingerprint density at radius 1 is 1.00 bits per heavy atom. The van der Waals surface area contributed by atoms with E-state index in [9.17, 15) is 9.59 Å². The van der Waals surface area contributed by atoms with Crippen LogP contribution in [0, 0.1) is 0 Å². The van der Waals surface area contributed by atoms with Gasteiger partial charge in [0.15, 0.2) is 0 Å². The molecule has 1 atom stereocenters. The van der Waals surface area contributed by atoms with Gasteiger partial charge in [0.25, 0.3) is 11.8 Å². The molecule has 29 heavy (non-hydrogen) atoms. The topological polar surface area (TPSA) is 70.7 Å². The van der Waals surface area contributed by atoms with E-state index in [1.54, 1.807) is 24.3 Å². The summed E-state index contributed by atoms with van der Waals surface area (Å²) >= 11 is 0. The van der Waals surface area contributed by atoms with Crippen molar-refractivity contribution >= 4 is 28.9 Å². The van der Waals surface area contributed by atoms with Crippen LogP contribution in [0.25, 0.3) is 0 Å². The fraction of sp³-hybridized carbons (Fsp3) is 0.130. The average Bonchev–Trinajstić information content (AvgIpc) is 2.92. The van der Waals surface area contributed by atoms with E-state index in [2.05, 4.69) is 10.6 Å². The summed E-state index contributed by atoms with van der Waals surface area (Å²) in [7, 11) is 1.94. The van der Waals surface area contributed by atoms with Crippen molar-refractivity contribution in [3.63, 3.8) is 0 Å². The number of carbonyl (C=O) groups excluding carboxylic acids is 2. The number of ether oxygens (including phenoxy) is 1. The standard InChI is InChI=1S/C23H21N3O3/c1-26(17-9-3-2-4-10-17)18-11-7-8-16(14-18)22(27)25-20-15-29-21-13-6-5-12-19(21)24-23(20)28/h2-14,20H,15H2,1H3,(H,24,28)(H,25,27)/t20-/m0/s1. The van der Waals surface area contributed by atoms with Gasteiger partial charge in [0.1, 0.15) is 18.4 Å². The molecule has 0 bridgehead atoms. The van der Waals surface area contributed by atoms with E-state index in [4.69, 9.17) is 4.74 Å². The number of rotatable bonds is 4. The second-order valence-corrected chi connectivity index (χ2v) is 6.77. The van der Waals surface area contributed by atoms with Crippen molar-refractivity contribution in [2.24, 2.45) is 0 Å². The number of fused-ring (bicyclic) bond motifs is 1. The molecule has 1 aliphatic heterocycles. The molecular formula is C23H21N3O3. The second kappa shape index (κ2) is 8.06. The highest BCUT2D eigenvalue weighted by atomic mass is 16.5. The molecule has 0 spiro atoms. The van der Waals surface area contributed by atoms with Crippen molar-refractivity contribution in [2.45, 2.75) is 6.04 Å². The molecule has 0 radical (unpaired) electrons. The maximum Gasteiger partial charge on any atom is 0.252 e. The van der Waals surface area contributed by atoms with Gasteiger partial charge in [-0.25, -0.2) is 0 Å². The minimum atomic E-state index is -0.787. The number of nitrogens with zero attached hydrogens (tertiary/aromatic N) is 1. The molecule has 3 aromatic rings. The minimum absolute atomic E-state index is 0.0677. The zero-order chi connectivity index (χ0) is 20.2. The molecule has 146 valence electrons. The van der Waals surface area contributed by atoms with Gasteiger partial charge >= 0.3 is 0 Å². The fourth-order valence-electron chi connectivity index (χ4n) is 3.17. The predicted octanol–water partition coefficient (Wildman–Crippen LogP) is 3.58. The Balaban J connectivity index is 1.48. The summed E-state index contributed by atoms with van der Waals surface area (Å²) in [5, 5.41) is 5.56. The molecule has 2 amide bonds. The zero-order valence-corrected chi connectivity index (χ0v) is 16.0. The van der Waals surface area contributed by atoms with Gasteiger partial charge in [0.05, 0.1) is 5.69 Å². The number of benzene rings is 3. The molecule has 2 N–H and O–H groups in total. The van der Waals surface area contributed by atoms with Gasteiger partial charge in [-0.2, -0.15) is 0 Å². The fourth-order valence-corrected chi connectivity index (χ4v) is 3.17. The molecule has 0 saturated heterocycles. The molecule has 0 fully saturated rings. The maximum absolute atomic E-state index is 12.8. The van der Waals surface area contributed by atoms with Crippen LogP contribution in [0.2, 0.25) is 0 Å². The van der Waals surface area contributed by atoms with Crippen molar-refractivity contribution in [1.29, 1.82) is 0 Å². The highest BCUT2D eigenvalue weighted by Crippen LogP contribution is 2.26. The van der Waals surface area contributed by atoms with Crippen molar-refractivity contribution < 1.29 is 14.3 Å². The Kier molecular flexibility index (Phi) is 5.16. The lowest BCUT2D eigenvalue weighted by Gasteiger charge is -2.20. The number of hydrogen-bond donors (Lipinski definition) is 2. The highest BCUT2D eigenvalue weighted by molar-refractivity contribution is 6.02. The summed E-state index contributed by atoms with van der Waals surface area (Å²) in [5.74, 6) is -0.0482. The molecule has 1 heterocycles. The van der Waals surface area contributed by atoms with E-state index in [1.165, 1.54) is 0 Å². The minimum Gasteiger partial charge on any atom is -0.489 e. The van der Waals surface area contributed by atoms with Crippen LogP contribution in [-0.2, 0) is 4.79 Å². The smallest absolute Gasteiger partial charge is 0.252 e. The summed E-state index contributed by atoms with van der Waals surface area (Å²) in [6, 6.07) is 23.6. The molecular weight excluding hydrogens is 366 g/mol. The molecule has 6 nitrogen and oxygen atoms in total. The number of hydrogen-bond acceptors (Lipinski definition) is 4. The van der Waals surface area contributed by atoms with Crippen molar-refractivity contribution in [3.05, 3.63) is 84.4 Å². The SMILES string of the molecule is CN(c1ccccc1)c1cccc(C(=O)N[C@H]2COc3ccccc3NC2=O)c1. The van der Waals surface area contributed by atoms with Gasteiger partial charge in [-0.15, -0.1) is 0 Å². The lowest BCUT2D eigenvalue weighted by Crippen LogP contribution is -2.46. The molecule has 0 aliphatic carbocycles. The molecule has 0 unspecified atom stereocenters. The summed E-state index contributed by atoms with van der Waals surface area (Å²) in [4.78, 5) is 27.3. The lowest BCUT2D eigenvalue weighted by molar-refractivity contribution is -0.118. The Bertz CT molecular complexity index is 1040. The molecule has 4 rings (SSSR count). The quantitative estimate of drug-likeness (QED) is 0.718. The van der Waals surface area contributed by atoms with Gasteiger partial charge < -0.3 is 20.3 Å². The number of para-hydroxylation sites is 3. The third-order valence-corrected chi connectivity index (χ3v) is 4.81. The van der Waals surface area contributed by atoms with Crippen LogP contribution in [0.15, 0.2) is 78.9 Å². The van der Waals surface area contributed by atoms with E-state index >= 15 is 0 Å². The number of nitrogens with one attached hydrogen (secondary N) is 2. The lowest BCUT2D eigenvalue weighted by atomic mass is 10.1. The van der Waals surface area contributed by atoms with Crippen molar-refractivity contribution in [1.82, 2.24) is 5.32 Å². The van der Waals surface area contributed by atoms with Crippen molar-refractivity contribution in [3.8, 4) is 5.75 Å². The summed E-state index contributed by atoms with van der Waals surface area (Å²) < 4.78 is 5.68. The normalized spacial score (nSPS) is 15.3. The summed E-state index contributed by atoms with van der Waals surface area (Å²) in [5.41, 5.74) is 2.96. The first-order valence-corrected chi connectivity index (χ1v) is 9.34. The van der Waals surface area contributed by atoms with E-state index in [-0.39, 0.29) is 18.4 Å². The van der Waals surface area contributed by atoms with Crippen LogP contribution >= 0.6 is 0 Å². The van der Waals surface area contributed by atoms with E-state index < -0.39 is 6.04 Å². The maximum atomic E-state index is 12.8. The van der Waals surface area contributed by atoms with Gasteiger partial charge in [-0.05, 0) is 42.5 Å². The first kappa shape index (κ1) is 18.6. The van der Waals surface area contributed by atoms with Crippen molar-refractivity contribution in [2.75, 3.05) is 23.9 Å².